The first-order valence-electron chi connectivity index (χ1n) is 8.82. The number of aliphatic hydroxyl groups excluding tert-OH is 1. The maximum atomic E-state index is 13.0. The van der Waals surface area contributed by atoms with E-state index in [1.54, 1.807) is 6.20 Å². The molecule has 0 aliphatic carbocycles. The summed E-state index contributed by atoms with van der Waals surface area (Å²) in [5.41, 5.74) is 0.684. The highest BCUT2D eigenvalue weighted by atomic mass is 32.2. The van der Waals surface area contributed by atoms with Gasteiger partial charge in [-0.2, -0.15) is 0 Å². The number of thioether (sulfide) groups is 1. The molecule has 0 unspecified atom stereocenters. The number of nitrogens with zero attached hydrogens (tertiary/aromatic N) is 3. The average Bonchev–Trinajstić information content (AvgIpc) is 3.13. The predicted octanol–water partition coefficient (Wildman–Crippen LogP) is 1.97. The van der Waals surface area contributed by atoms with Crippen LogP contribution in [-0.2, 0) is 0 Å². The van der Waals surface area contributed by atoms with Gasteiger partial charge in [-0.25, -0.2) is 4.98 Å². The number of rotatable bonds is 5. The number of likely N-dealkylation sites (tertiary alicyclic amines) is 2. The number of carbonyl (C=O) groups is 1. The van der Waals surface area contributed by atoms with Gasteiger partial charge in [-0.05, 0) is 62.6 Å². The van der Waals surface area contributed by atoms with Crippen LogP contribution in [0.15, 0.2) is 23.4 Å². The average molecular weight is 350 g/mol. The number of carbonyl (C=O) groups excluding carboxylic acids is 1. The zero-order valence-electron chi connectivity index (χ0n) is 14.4. The molecule has 2 fully saturated rings. The summed E-state index contributed by atoms with van der Waals surface area (Å²) in [6, 6.07) is 3.68. The van der Waals surface area contributed by atoms with E-state index in [1.165, 1.54) is 37.7 Å². The van der Waals surface area contributed by atoms with Crippen molar-refractivity contribution in [3.8, 4) is 0 Å². The molecule has 1 N–H and O–H groups in total. The normalized spacial score (nSPS) is 25.2. The third-order valence-electron chi connectivity index (χ3n) is 5.08. The second kappa shape index (κ2) is 8.32. The van der Waals surface area contributed by atoms with E-state index in [2.05, 4.69) is 9.88 Å². The molecule has 1 amide bonds. The SMILES string of the molecule is CSc1ncccc1C(=O)N1C[C@H](CO)C[C@H](CN2CCCC2)C1. The van der Waals surface area contributed by atoms with Gasteiger partial charge in [-0.3, -0.25) is 4.79 Å². The summed E-state index contributed by atoms with van der Waals surface area (Å²) in [4.78, 5) is 21.8. The quantitative estimate of drug-likeness (QED) is 0.824. The summed E-state index contributed by atoms with van der Waals surface area (Å²) >= 11 is 1.51. The van der Waals surface area contributed by atoms with Crippen LogP contribution < -0.4 is 0 Å². The molecular formula is C18H27N3O2S. The van der Waals surface area contributed by atoms with E-state index in [9.17, 15) is 9.90 Å². The molecule has 2 aliphatic heterocycles. The maximum Gasteiger partial charge on any atom is 0.256 e. The second-order valence-electron chi connectivity index (χ2n) is 6.93. The highest BCUT2D eigenvalue weighted by Gasteiger charge is 2.32. The molecule has 0 radical (unpaired) electrons. The number of aliphatic hydroxyl groups is 1. The summed E-state index contributed by atoms with van der Waals surface area (Å²) in [6.07, 6.45) is 7.25. The van der Waals surface area contributed by atoms with E-state index >= 15 is 0 Å². The molecule has 2 atom stereocenters. The highest BCUT2D eigenvalue weighted by Crippen LogP contribution is 2.27. The largest absolute Gasteiger partial charge is 0.396 e. The molecule has 5 nitrogen and oxygen atoms in total. The Morgan fingerprint density at radius 3 is 2.79 bits per heavy atom. The number of amides is 1. The number of pyridine rings is 1. The molecule has 6 heteroatoms. The molecule has 0 spiro atoms. The van der Waals surface area contributed by atoms with Crippen LogP contribution in [-0.4, -0.2) is 71.4 Å². The van der Waals surface area contributed by atoms with Gasteiger partial charge in [0.05, 0.1) is 5.56 Å². The molecule has 0 aromatic carbocycles. The summed E-state index contributed by atoms with van der Waals surface area (Å²) in [5, 5.41) is 10.5. The lowest BCUT2D eigenvalue weighted by atomic mass is 9.89. The fourth-order valence-electron chi connectivity index (χ4n) is 3.97. The molecule has 1 aromatic rings. The van der Waals surface area contributed by atoms with Crippen LogP contribution >= 0.6 is 11.8 Å². The lowest BCUT2D eigenvalue weighted by molar-refractivity contribution is 0.0462. The standard InChI is InChI=1S/C18H27N3O2S/c1-24-17-16(5-4-6-19-17)18(23)21-11-14(9-15(12-21)13-22)10-20-7-2-3-8-20/h4-6,14-15,22H,2-3,7-13H2,1H3/t14-,15-/m1/s1. The smallest absolute Gasteiger partial charge is 0.256 e. The topological polar surface area (TPSA) is 56.7 Å². The van der Waals surface area contributed by atoms with Crippen molar-refractivity contribution in [2.45, 2.75) is 24.3 Å². The maximum absolute atomic E-state index is 13.0. The molecule has 2 aliphatic rings. The Morgan fingerprint density at radius 1 is 1.33 bits per heavy atom. The van der Waals surface area contributed by atoms with Gasteiger partial charge in [0.2, 0.25) is 0 Å². The first-order valence-corrected chi connectivity index (χ1v) is 10.0. The third-order valence-corrected chi connectivity index (χ3v) is 5.79. The zero-order valence-corrected chi connectivity index (χ0v) is 15.2. The summed E-state index contributed by atoms with van der Waals surface area (Å²) in [6.45, 7) is 4.98. The molecule has 0 bridgehead atoms. The minimum atomic E-state index is 0.0528. The summed E-state index contributed by atoms with van der Waals surface area (Å²) in [5.74, 6) is 0.689. The van der Waals surface area contributed by atoms with E-state index in [1.807, 2.05) is 23.3 Å². The van der Waals surface area contributed by atoms with Crippen molar-refractivity contribution in [1.29, 1.82) is 0 Å². The highest BCUT2D eigenvalue weighted by molar-refractivity contribution is 7.98. The summed E-state index contributed by atoms with van der Waals surface area (Å²) in [7, 11) is 0. The Labute approximate surface area is 148 Å². The van der Waals surface area contributed by atoms with Crippen LogP contribution in [0.3, 0.4) is 0 Å². The zero-order chi connectivity index (χ0) is 16.9. The van der Waals surface area contributed by atoms with Crippen molar-refractivity contribution < 1.29 is 9.90 Å². The predicted molar refractivity (Wildman–Crippen MR) is 96.3 cm³/mol. The van der Waals surface area contributed by atoms with E-state index in [0.29, 0.717) is 18.0 Å². The Balaban J connectivity index is 1.71. The Hall–Kier alpha value is -1.11. The molecule has 3 heterocycles. The number of aromatic nitrogens is 1. The minimum absolute atomic E-state index is 0.0528. The molecular weight excluding hydrogens is 322 g/mol. The van der Waals surface area contributed by atoms with Gasteiger partial charge in [-0.1, -0.05) is 0 Å². The van der Waals surface area contributed by atoms with Gasteiger partial charge in [0.15, 0.2) is 0 Å². The lowest BCUT2D eigenvalue weighted by Crippen LogP contribution is -2.47. The first kappa shape index (κ1) is 17.7. The molecule has 1 aromatic heterocycles. The van der Waals surface area contributed by atoms with E-state index < -0.39 is 0 Å². The second-order valence-corrected chi connectivity index (χ2v) is 7.72. The van der Waals surface area contributed by atoms with Crippen molar-refractivity contribution >= 4 is 17.7 Å². The Bertz CT molecular complexity index is 563. The first-order chi connectivity index (χ1) is 11.7. The van der Waals surface area contributed by atoms with Gasteiger partial charge in [-0.15, -0.1) is 11.8 Å². The number of piperidine rings is 1. The Morgan fingerprint density at radius 2 is 2.08 bits per heavy atom. The van der Waals surface area contributed by atoms with Gasteiger partial charge in [0.1, 0.15) is 5.03 Å². The van der Waals surface area contributed by atoms with Crippen LogP contribution in [0.25, 0.3) is 0 Å². The molecule has 2 saturated heterocycles. The van der Waals surface area contributed by atoms with Crippen molar-refractivity contribution in [1.82, 2.24) is 14.8 Å². The fraction of sp³-hybridized carbons (Fsp3) is 0.667. The monoisotopic (exact) mass is 349 g/mol. The molecule has 0 saturated carbocycles. The van der Waals surface area contributed by atoms with Gasteiger partial charge in [0, 0.05) is 32.4 Å². The van der Waals surface area contributed by atoms with Crippen molar-refractivity contribution in [2.24, 2.45) is 11.8 Å². The van der Waals surface area contributed by atoms with Crippen molar-refractivity contribution in [3.05, 3.63) is 23.9 Å². The number of hydrogen-bond donors (Lipinski definition) is 1. The fourth-order valence-corrected chi connectivity index (χ4v) is 4.51. The number of hydrogen-bond acceptors (Lipinski definition) is 5. The van der Waals surface area contributed by atoms with Crippen molar-refractivity contribution in [3.63, 3.8) is 0 Å². The lowest BCUT2D eigenvalue weighted by Gasteiger charge is -2.38. The molecule has 132 valence electrons. The van der Waals surface area contributed by atoms with Crippen LogP contribution in [0, 0.1) is 11.8 Å². The summed E-state index contributed by atoms with van der Waals surface area (Å²) < 4.78 is 0. The van der Waals surface area contributed by atoms with E-state index in [-0.39, 0.29) is 18.4 Å². The van der Waals surface area contributed by atoms with Crippen LogP contribution in [0.2, 0.25) is 0 Å². The van der Waals surface area contributed by atoms with E-state index in [4.69, 9.17) is 0 Å². The molecule has 3 rings (SSSR count). The van der Waals surface area contributed by atoms with Crippen LogP contribution in [0.4, 0.5) is 0 Å². The van der Waals surface area contributed by atoms with E-state index in [0.717, 1.165) is 24.5 Å². The van der Waals surface area contributed by atoms with Gasteiger partial charge >= 0.3 is 0 Å². The Kier molecular flexibility index (Phi) is 6.14. The third kappa shape index (κ3) is 4.10. The minimum Gasteiger partial charge on any atom is -0.396 e. The van der Waals surface area contributed by atoms with Crippen LogP contribution in [0.1, 0.15) is 29.6 Å². The van der Waals surface area contributed by atoms with Crippen LogP contribution in [0.5, 0.6) is 0 Å². The van der Waals surface area contributed by atoms with Crippen molar-refractivity contribution in [2.75, 3.05) is 45.6 Å². The van der Waals surface area contributed by atoms with Gasteiger partial charge in [0.25, 0.3) is 5.91 Å². The van der Waals surface area contributed by atoms with Gasteiger partial charge < -0.3 is 14.9 Å². The molecule has 24 heavy (non-hydrogen) atoms.